The van der Waals surface area contributed by atoms with Crippen molar-refractivity contribution >= 4 is 11.8 Å². The van der Waals surface area contributed by atoms with Gasteiger partial charge < -0.3 is 0 Å². The zero-order valence-corrected chi connectivity index (χ0v) is 16.0. The maximum Gasteiger partial charge on any atom is 0.267 e. The van der Waals surface area contributed by atoms with Crippen molar-refractivity contribution in [2.24, 2.45) is 0 Å². The van der Waals surface area contributed by atoms with Crippen LogP contribution >= 0.6 is 11.8 Å². The molecule has 1 aromatic heterocycles. The second-order valence-electron chi connectivity index (χ2n) is 7.65. The van der Waals surface area contributed by atoms with Crippen molar-refractivity contribution in [2.45, 2.75) is 56.9 Å². The molecule has 1 saturated carbocycles. The van der Waals surface area contributed by atoms with E-state index in [1.807, 2.05) is 17.8 Å². The van der Waals surface area contributed by atoms with Crippen LogP contribution in [0.15, 0.2) is 10.9 Å². The van der Waals surface area contributed by atoms with Gasteiger partial charge in [0, 0.05) is 57.0 Å². The van der Waals surface area contributed by atoms with Crippen LogP contribution in [0.5, 0.6) is 0 Å². The number of fused-ring (bicyclic) bond motifs is 1. The largest absolute Gasteiger partial charge is 0.299 e. The lowest BCUT2D eigenvalue weighted by molar-refractivity contribution is 0.0766. The van der Waals surface area contributed by atoms with Crippen molar-refractivity contribution in [1.82, 2.24) is 19.6 Å². The number of piperazine rings is 1. The third kappa shape index (κ3) is 4.29. The Morgan fingerprint density at radius 3 is 2.68 bits per heavy atom. The van der Waals surface area contributed by atoms with Gasteiger partial charge in [-0.25, -0.2) is 4.68 Å². The highest BCUT2D eigenvalue weighted by Crippen LogP contribution is 2.23. The summed E-state index contributed by atoms with van der Waals surface area (Å²) in [5.74, 6) is 2.07. The summed E-state index contributed by atoms with van der Waals surface area (Å²) < 4.78 is 1.70. The molecule has 0 aromatic carbocycles. The van der Waals surface area contributed by atoms with E-state index in [9.17, 15) is 4.79 Å². The molecule has 0 radical (unpaired) electrons. The molecular formula is C19H30N4OS. The molecule has 4 rings (SSSR count). The lowest BCUT2D eigenvalue weighted by Crippen LogP contribution is -2.51. The first-order chi connectivity index (χ1) is 12.3. The maximum absolute atomic E-state index is 12.3. The monoisotopic (exact) mass is 362 g/mol. The minimum atomic E-state index is 0.0714. The maximum atomic E-state index is 12.3. The van der Waals surface area contributed by atoms with Gasteiger partial charge in [0.2, 0.25) is 0 Å². The van der Waals surface area contributed by atoms with Crippen molar-refractivity contribution < 1.29 is 0 Å². The van der Waals surface area contributed by atoms with Gasteiger partial charge in [-0.1, -0.05) is 19.3 Å². The fraction of sp³-hybridized carbons (Fsp3) is 0.789. The average molecular weight is 363 g/mol. The molecule has 1 aromatic rings. The Bertz CT molecular complexity index is 633. The fourth-order valence-electron chi connectivity index (χ4n) is 4.45. The zero-order chi connectivity index (χ0) is 17.1. The van der Waals surface area contributed by atoms with Crippen molar-refractivity contribution in [1.29, 1.82) is 0 Å². The minimum absolute atomic E-state index is 0.0714. The fourth-order valence-corrected chi connectivity index (χ4v) is 5.40. The number of thioether (sulfide) groups is 1. The van der Waals surface area contributed by atoms with Crippen LogP contribution in [0.4, 0.5) is 0 Å². The van der Waals surface area contributed by atoms with Crippen LogP contribution < -0.4 is 5.56 Å². The number of nitrogens with zero attached hydrogens (tertiary/aromatic N) is 4. The van der Waals surface area contributed by atoms with Crippen molar-refractivity contribution in [2.75, 3.05) is 38.5 Å². The summed E-state index contributed by atoms with van der Waals surface area (Å²) in [5.41, 5.74) is 2.36. The first-order valence-corrected chi connectivity index (χ1v) is 11.1. The first-order valence-electron chi connectivity index (χ1n) is 9.94. The topological polar surface area (TPSA) is 41.4 Å². The summed E-state index contributed by atoms with van der Waals surface area (Å²) >= 11 is 1.90. The van der Waals surface area contributed by atoms with Crippen molar-refractivity contribution in [3.05, 3.63) is 27.7 Å². The number of hydrogen-bond acceptors (Lipinski definition) is 5. The molecule has 2 fully saturated rings. The van der Waals surface area contributed by atoms with Gasteiger partial charge in [0.25, 0.3) is 5.56 Å². The smallest absolute Gasteiger partial charge is 0.267 e. The van der Waals surface area contributed by atoms with Gasteiger partial charge in [-0.05, 0) is 24.2 Å². The molecular weight excluding hydrogens is 332 g/mol. The summed E-state index contributed by atoms with van der Waals surface area (Å²) in [5, 5.41) is 4.64. The van der Waals surface area contributed by atoms with Gasteiger partial charge in [0.15, 0.2) is 0 Å². The van der Waals surface area contributed by atoms with Crippen LogP contribution in [0.1, 0.15) is 43.4 Å². The standard InChI is InChI=1S/C19H30N4OS/c24-19-14-16-15-25-13-6-18(16)20-23(19)12-9-21-7-10-22(11-8-21)17-4-2-1-3-5-17/h14,17H,1-13,15H2. The second kappa shape index (κ2) is 8.23. The number of aryl methyl sites for hydroxylation is 1. The molecule has 138 valence electrons. The zero-order valence-electron chi connectivity index (χ0n) is 15.2. The van der Waals surface area contributed by atoms with Gasteiger partial charge >= 0.3 is 0 Å². The van der Waals surface area contributed by atoms with Crippen LogP contribution in [0.3, 0.4) is 0 Å². The summed E-state index contributed by atoms with van der Waals surface area (Å²) in [6.45, 7) is 6.31. The highest BCUT2D eigenvalue weighted by atomic mass is 32.2. The molecule has 0 amide bonds. The third-order valence-electron chi connectivity index (χ3n) is 6.03. The number of hydrogen-bond donors (Lipinski definition) is 0. The normalized spacial score (nSPS) is 23.5. The van der Waals surface area contributed by atoms with Gasteiger partial charge in [-0.2, -0.15) is 16.9 Å². The molecule has 3 heterocycles. The second-order valence-corrected chi connectivity index (χ2v) is 8.75. The van der Waals surface area contributed by atoms with E-state index in [4.69, 9.17) is 0 Å². The quantitative estimate of drug-likeness (QED) is 0.819. The number of rotatable bonds is 4. The molecule has 2 aliphatic heterocycles. The van der Waals surface area contributed by atoms with E-state index >= 15 is 0 Å². The Labute approximate surface area is 154 Å². The molecule has 25 heavy (non-hydrogen) atoms. The molecule has 1 saturated heterocycles. The lowest BCUT2D eigenvalue weighted by atomic mass is 9.94. The molecule has 0 spiro atoms. The highest BCUT2D eigenvalue weighted by Gasteiger charge is 2.25. The Morgan fingerprint density at radius 2 is 1.88 bits per heavy atom. The van der Waals surface area contributed by atoms with E-state index in [0.717, 1.165) is 61.4 Å². The molecule has 0 atom stereocenters. The minimum Gasteiger partial charge on any atom is -0.299 e. The predicted octanol–water partition coefficient (Wildman–Crippen LogP) is 1.98. The summed E-state index contributed by atoms with van der Waals surface area (Å²) in [6, 6.07) is 2.65. The van der Waals surface area contributed by atoms with E-state index in [1.165, 1.54) is 45.2 Å². The van der Waals surface area contributed by atoms with Gasteiger partial charge in [0.1, 0.15) is 0 Å². The summed E-state index contributed by atoms with van der Waals surface area (Å²) in [6.07, 6.45) is 8.05. The van der Waals surface area contributed by atoms with Crippen molar-refractivity contribution in [3.63, 3.8) is 0 Å². The van der Waals surface area contributed by atoms with Crippen molar-refractivity contribution in [3.8, 4) is 0 Å². The van der Waals surface area contributed by atoms with Crippen LogP contribution in [0, 0.1) is 0 Å². The Kier molecular flexibility index (Phi) is 5.78. The third-order valence-corrected chi connectivity index (χ3v) is 7.04. The Hall–Kier alpha value is -0.850. The van der Waals surface area contributed by atoms with Crippen LogP contribution in [-0.4, -0.2) is 64.1 Å². The van der Waals surface area contributed by atoms with E-state index in [1.54, 1.807) is 4.68 Å². The van der Waals surface area contributed by atoms with E-state index in [0.29, 0.717) is 0 Å². The SMILES string of the molecule is O=c1cc2c(nn1CCN1CCN(C3CCCCC3)CC1)CCSC2. The molecule has 3 aliphatic rings. The van der Waals surface area contributed by atoms with Gasteiger partial charge in [-0.15, -0.1) is 0 Å². The molecule has 0 unspecified atom stereocenters. The predicted molar refractivity (Wildman–Crippen MR) is 103 cm³/mol. The van der Waals surface area contributed by atoms with E-state index in [2.05, 4.69) is 14.9 Å². The molecule has 0 bridgehead atoms. The van der Waals surface area contributed by atoms with Gasteiger partial charge in [-0.3, -0.25) is 14.6 Å². The van der Waals surface area contributed by atoms with Crippen LogP contribution in [0.2, 0.25) is 0 Å². The lowest BCUT2D eigenvalue weighted by Gasteiger charge is -2.40. The Balaban J connectivity index is 1.29. The van der Waals surface area contributed by atoms with E-state index in [-0.39, 0.29) is 5.56 Å². The van der Waals surface area contributed by atoms with Gasteiger partial charge in [0.05, 0.1) is 12.2 Å². The molecule has 1 aliphatic carbocycles. The molecule has 5 nitrogen and oxygen atoms in total. The Morgan fingerprint density at radius 1 is 1.08 bits per heavy atom. The number of aromatic nitrogens is 2. The molecule has 6 heteroatoms. The van der Waals surface area contributed by atoms with Crippen LogP contribution in [-0.2, 0) is 18.7 Å². The highest BCUT2D eigenvalue weighted by molar-refractivity contribution is 7.98. The summed E-state index contributed by atoms with van der Waals surface area (Å²) in [4.78, 5) is 17.5. The molecule has 0 N–H and O–H groups in total. The van der Waals surface area contributed by atoms with E-state index < -0.39 is 0 Å². The van der Waals surface area contributed by atoms with Crippen LogP contribution in [0.25, 0.3) is 0 Å². The average Bonchev–Trinajstić information content (AvgIpc) is 2.67. The summed E-state index contributed by atoms with van der Waals surface area (Å²) in [7, 11) is 0. The first kappa shape index (κ1) is 17.6.